The van der Waals surface area contributed by atoms with E-state index in [-0.39, 0.29) is 24.3 Å². The highest BCUT2D eigenvalue weighted by Gasteiger charge is 2.08. The molecule has 27 heavy (non-hydrogen) atoms. The molecule has 0 unspecified atom stereocenters. The fourth-order valence-corrected chi connectivity index (χ4v) is 2.38. The van der Waals surface area contributed by atoms with Crippen LogP contribution in [-0.2, 0) is 4.79 Å². The molecular weight excluding hydrogens is 344 g/mol. The van der Waals surface area contributed by atoms with E-state index in [1.54, 1.807) is 55.6 Å². The molecule has 0 aromatic heterocycles. The summed E-state index contributed by atoms with van der Waals surface area (Å²) in [6.45, 7) is 2.62. The lowest BCUT2D eigenvalue weighted by molar-refractivity contribution is -0.114. The molecule has 2 aromatic carbocycles. The van der Waals surface area contributed by atoms with Gasteiger partial charge in [-0.25, -0.2) is 0 Å². The summed E-state index contributed by atoms with van der Waals surface area (Å²) in [5, 5.41) is 11.1. The Balaban J connectivity index is 1.92. The van der Waals surface area contributed by atoms with Crippen LogP contribution in [0.5, 0.6) is 0 Å². The van der Waals surface area contributed by atoms with Crippen molar-refractivity contribution in [3.05, 3.63) is 59.7 Å². The largest absolute Gasteiger partial charge is 0.376 e. The number of anilines is 2. The molecule has 0 aliphatic rings. The second-order valence-electron chi connectivity index (χ2n) is 5.90. The van der Waals surface area contributed by atoms with Crippen LogP contribution in [0.3, 0.4) is 0 Å². The zero-order chi connectivity index (χ0) is 19.6. The minimum atomic E-state index is -0.258. The van der Waals surface area contributed by atoms with E-state index in [9.17, 15) is 14.4 Å². The van der Waals surface area contributed by atoms with E-state index in [1.165, 1.54) is 0 Å². The molecule has 2 rings (SSSR count). The van der Waals surface area contributed by atoms with Gasteiger partial charge in [0.15, 0.2) is 0 Å². The van der Waals surface area contributed by atoms with Crippen LogP contribution in [0.25, 0.3) is 0 Å². The van der Waals surface area contributed by atoms with Crippen LogP contribution in [0.2, 0.25) is 0 Å². The van der Waals surface area contributed by atoms with Crippen LogP contribution in [0, 0.1) is 0 Å². The average Bonchev–Trinajstić information content (AvgIpc) is 2.70. The van der Waals surface area contributed by atoms with Crippen LogP contribution in [-0.4, -0.2) is 37.9 Å². The molecule has 0 spiro atoms. The number of hydrogen-bond acceptors (Lipinski definition) is 4. The van der Waals surface area contributed by atoms with E-state index in [2.05, 4.69) is 21.3 Å². The highest BCUT2D eigenvalue weighted by atomic mass is 16.2. The predicted molar refractivity (Wildman–Crippen MR) is 106 cm³/mol. The van der Waals surface area contributed by atoms with E-state index in [0.29, 0.717) is 29.0 Å². The number of rotatable bonds is 8. The summed E-state index contributed by atoms with van der Waals surface area (Å²) >= 11 is 0. The smallest absolute Gasteiger partial charge is 0.251 e. The van der Waals surface area contributed by atoms with Crippen molar-refractivity contribution >= 4 is 29.1 Å². The molecule has 7 heteroatoms. The highest BCUT2D eigenvalue weighted by Crippen LogP contribution is 2.12. The summed E-state index contributed by atoms with van der Waals surface area (Å²) in [7, 11) is 1.56. The summed E-state index contributed by atoms with van der Waals surface area (Å²) in [5.41, 5.74) is 2.21. The van der Waals surface area contributed by atoms with Crippen molar-refractivity contribution in [1.82, 2.24) is 10.6 Å². The van der Waals surface area contributed by atoms with Crippen LogP contribution in [0.15, 0.2) is 48.5 Å². The summed E-state index contributed by atoms with van der Waals surface area (Å²) < 4.78 is 0. The summed E-state index contributed by atoms with van der Waals surface area (Å²) in [6, 6.07) is 13.7. The molecule has 0 bridgehead atoms. The lowest BCUT2D eigenvalue weighted by atomic mass is 10.2. The van der Waals surface area contributed by atoms with Gasteiger partial charge >= 0.3 is 0 Å². The van der Waals surface area contributed by atoms with Gasteiger partial charge in [0, 0.05) is 36.1 Å². The fourth-order valence-electron chi connectivity index (χ4n) is 2.38. The van der Waals surface area contributed by atoms with E-state index in [1.807, 2.05) is 6.92 Å². The lowest BCUT2D eigenvalue weighted by Crippen LogP contribution is -2.25. The van der Waals surface area contributed by atoms with Gasteiger partial charge in [-0.15, -0.1) is 0 Å². The zero-order valence-corrected chi connectivity index (χ0v) is 15.5. The van der Waals surface area contributed by atoms with Gasteiger partial charge in [-0.3, -0.25) is 14.4 Å². The van der Waals surface area contributed by atoms with Gasteiger partial charge in [-0.2, -0.15) is 0 Å². The van der Waals surface area contributed by atoms with Gasteiger partial charge in [0.1, 0.15) is 0 Å². The molecular formula is C20H24N4O3. The van der Waals surface area contributed by atoms with Crippen molar-refractivity contribution in [3.63, 3.8) is 0 Å². The molecule has 2 aromatic rings. The molecule has 142 valence electrons. The summed E-state index contributed by atoms with van der Waals surface area (Å²) in [6.07, 6.45) is 0.856. The van der Waals surface area contributed by atoms with Gasteiger partial charge in [0.2, 0.25) is 5.91 Å². The Morgan fingerprint density at radius 2 is 1.52 bits per heavy atom. The minimum Gasteiger partial charge on any atom is -0.376 e. The Morgan fingerprint density at radius 3 is 2.19 bits per heavy atom. The first-order chi connectivity index (χ1) is 13.0. The van der Waals surface area contributed by atoms with E-state index in [4.69, 9.17) is 0 Å². The normalized spacial score (nSPS) is 10.0. The Labute approximate surface area is 158 Å². The third kappa shape index (κ3) is 6.14. The van der Waals surface area contributed by atoms with Crippen molar-refractivity contribution in [1.29, 1.82) is 0 Å². The molecule has 0 aliphatic heterocycles. The summed E-state index contributed by atoms with van der Waals surface area (Å²) in [5.74, 6) is -0.621. The SMILES string of the molecule is CCCNC(=O)c1cccc(NC(=O)CNc2cccc(C(=O)NC)c2)c1. The van der Waals surface area contributed by atoms with Crippen molar-refractivity contribution in [3.8, 4) is 0 Å². The molecule has 7 nitrogen and oxygen atoms in total. The first kappa shape index (κ1) is 20.0. The van der Waals surface area contributed by atoms with E-state index in [0.717, 1.165) is 6.42 Å². The Bertz CT molecular complexity index is 820. The fraction of sp³-hybridized carbons (Fsp3) is 0.250. The third-order valence-electron chi connectivity index (χ3n) is 3.75. The van der Waals surface area contributed by atoms with Crippen molar-refractivity contribution in [2.75, 3.05) is 30.8 Å². The third-order valence-corrected chi connectivity index (χ3v) is 3.75. The standard InChI is InChI=1S/C20H24N4O3/c1-3-10-22-20(27)15-7-5-9-17(12-15)24-18(25)13-23-16-8-4-6-14(11-16)19(26)21-2/h4-9,11-12,23H,3,10,13H2,1-2H3,(H,21,26)(H,22,27)(H,24,25). The number of amides is 3. The molecule has 0 heterocycles. The molecule has 0 aliphatic carbocycles. The topological polar surface area (TPSA) is 99.3 Å². The maximum atomic E-state index is 12.2. The second-order valence-corrected chi connectivity index (χ2v) is 5.90. The van der Waals surface area contributed by atoms with E-state index < -0.39 is 0 Å². The van der Waals surface area contributed by atoms with Crippen LogP contribution < -0.4 is 21.3 Å². The first-order valence-electron chi connectivity index (χ1n) is 8.77. The first-order valence-corrected chi connectivity index (χ1v) is 8.77. The summed E-state index contributed by atoms with van der Waals surface area (Å²) in [4.78, 5) is 35.8. The number of hydrogen-bond donors (Lipinski definition) is 4. The Morgan fingerprint density at radius 1 is 0.889 bits per heavy atom. The van der Waals surface area contributed by atoms with Gasteiger partial charge in [0.25, 0.3) is 11.8 Å². The zero-order valence-electron chi connectivity index (χ0n) is 15.5. The van der Waals surface area contributed by atoms with Crippen molar-refractivity contribution in [2.45, 2.75) is 13.3 Å². The molecule has 0 atom stereocenters. The predicted octanol–water partition coefficient (Wildman–Crippen LogP) is 2.24. The number of nitrogens with one attached hydrogen (secondary N) is 4. The minimum absolute atomic E-state index is 0.0312. The lowest BCUT2D eigenvalue weighted by Gasteiger charge is -2.10. The van der Waals surface area contributed by atoms with Crippen LogP contribution >= 0.6 is 0 Å². The maximum Gasteiger partial charge on any atom is 0.251 e. The monoisotopic (exact) mass is 368 g/mol. The van der Waals surface area contributed by atoms with Crippen LogP contribution in [0.4, 0.5) is 11.4 Å². The van der Waals surface area contributed by atoms with E-state index >= 15 is 0 Å². The van der Waals surface area contributed by atoms with Crippen LogP contribution in [0.1, 0.15) is 34.1 Å². The molecule has 4 N–H and O–H groups in total. The van der Waals surface area contributed by atoms with Gasteiger partial charge in [-0.05, 0) is 42.8 Å². The number of benzene rings is 2. The molecule has 0 saturated carbocycles. The Kier molecular flexibility index (Phi) is 7.37. The average molecular weight is 368 g/mol. The Hall–Kier alpha value is -3.35. The van der Waals surface area contributed by atoms with Gasteiger partial charge < -0.3 is 21.3 Å². The number of carbonyl (C=O) groups excluding carboxylic acids is 3. The quantitative estimate of drug-likeness (QED) is 0.574. The number of carbonyl (C=O) groups is 3. The molecule has 3 amide bonds. The van der Waals surface area contributed by atoms with Crippen molar-refractivity contribution in [2.24, 2.45) is 0 Å². The van der Waals surface area contributed by atoms with Gasteiger partial charge in [0.05, 0.1) is 6.54 Å². The van der Waals surface area contributed by atoms with Crippen molar-refractivity contribution < 1.29 is 14.4 Å². The molecule has 0 saturated heterocycles. The second kappa shape index (κ2) is 9.96. The molecule has 0 fully saturated rings. The maximum absolute atomic E-state index is 12.2. The van der Waals surface area contributed by atoms with Gasteiger partial charge in [-0.1, -0.05) is 19.1 Å². The highest BCUT2D eigenvalue weighted by molar-refractivity contribution is 5.98. The molecule has 0 radical (unpaired) electrons.